The van der Waals surface area contributed by atoms with Crippen molar-refractivity contribution in [3.8, 4) is 0 Å². The molecular formula is C15H15FN2O3. The molecule has 0 saturated heterocycles. The van der Waals surface area contributed by atoms with Crippen molar-refractivity contribution in [3.05, 3.63) is 59.8 Å². The highest BCUT2D eigenvalue weighted by molar-refractivity contribution is 5.87. The van der Waals surface area contributed by atoms with Crippen molar-refractivity contribution in [3.63, 3.8) is 0 Å². The van der Waals surface area contributed by atoms with Crippen LogP contribution in [-0.2, 0) is 16.1 Å². The Morgan fingerprint density at radius 3 is 2.52 bits per heavy atom. The molecule has 0 spiro atoms. The number of nitrogens with one attached hydrogen (secondary N) is 2. The van der Waals surface area contributed by atoms with Crippen LogP contribution in [0.1, 0.15) is 24.1 Å². The van der Waals surface area contributed by atoms with Crippen molar-refractivity contribution in [2.75, 3.05) is 0 Å². The molecule has 0 aliphatic carbocycles. The van der Waals surface area contributed by atoms with E-state index in [9.17, 15) is 14.0 Å². The lowest BCUT2D eigenvalue weighted by atomic mass is 10.1. The first-order valence-electron chi connectivity index (χ1n) is 6.37. The number of hydrogen-bond donors (Lipinski definition) is 2. The van der Waals surface area contributed by atoms with E-state index < -0.39 is 6.04 Å². The summed E-state index contributed by atoms with van der Waals surface area (Å²) in [6.45, 7) is 1.58. The van der Waals surface area contributed by atoms with Gasteiger partial charge >= 0.3 is 0 Å². The van der Waals surface area contributed by atoms with Crippen LogP contribution in [0.3, 0.4) is 0 Å². The van der Waals surface area contributed by atoms with Gasteiger partial charge in [-0.2, -0.15) is 0 Å². The van der Waals surface area contributed by atoms with Crippen LogP contribution in [0.15, 0.2) is 47.3 Å². The third-order valence-corrected chi connectivity index (χ3v) is 2.87. The molecule has 21 heavy (non-hydrogen) atoms. The molecule has 1 unspecified atom stereocenters. The molecule has 6 heteroatoms. The van der Waals surface area contributed by atoms with Crippen LogP contribution in [0.2, 0.25) is 0 Å². The van der Waals surface area contributed by atoms with Gasteiger partial charge in [-0.3, -0.25) is 9.59 Å². The minimum Gasteiger partial charge on any atom is -0.472 e. The topological polar surface area (TPSA) is 71.3 Å². The Morgan fingerprint density at radius 1 is 1.24 bits per heavy atom. The van der Waals surface area contributed by atoms with Gasteiger partial charge in [0.2, 0.25) is 11.8 Å². The Bertz CT molecular complexity index is 608. The van der Waals surface area contributed by atoms with Gasteiger partial charge in [0.05, 0.1) is 12.5 Å². The molecule has 1 atom stereocenters. The Balaban J connectivity index is 2.01. The van der Waals surface area contributed by atoms with Gasteiger partial charge in [0.25, 0.3) is 0 Å². The van der Waals surface area contributed by atoms with E-state index in [0.29, 0.717) is 5.56 Å². The largest absolute Gasteiger partial charge is 0.472 e. The van der Waals surface area contributed by atoms with Crippen molar-refractivity contribution >= 4 is 11.8 Å². The van der Waals surface area contributed by atoms with E-state index in [1.54, 1.807) is 18.2 Å². The van der Waals surface area contributed by atoms with Gasteiger partial charge in [-0.15, -0.1) is 0 Å². The molecule has 0 fully saturated rings. The number of rotatable bonds is 5. The minimum absolute atomic E-state index is 0.243. The molecule has 0 bridgehead atoms. The SMILES string of the molecule is CC(=O)NC(C(=O)NCc1ccc(F)cc1)c1ccoc1. The van der Waals surface area contributed by atoms with Gasteiger partial charge in [0.1, 0.15) is 11.9 Å². The molecule has 0 saturated carbocycles. The van der Waals surface area contributed by atoms with Gasteiger partial charge in [-0.05, 0) is 23.8 Å². The van der Waals surface area contributed by atoms with Crippen LogP contribution in [-0.4, -0.2) is 11.8 Å². The molecule has 2 amide bonds. The monoisotopic (exact) mass is 290 g/mol. The lowest BCUT2D eigenvalue weighted by Gasteiger charge is -2.16. The van der Waals surface area contributed by atoms with Crippen molar-refractivity contribution in [1.82, 2.24) is 10.6 Å². The average molecular weight is 290 g/mol. The van der Waals surface area contributed by atoms with Gasteiger partial charge in [-0.1, -0.05) is 12.1 Å². The van der Waals surface area contributed by atoms with Gasteiger partial charge < -0.3 is 15.1 Å². The molecule has 2 rings (SSSR count). The van der Waals surface area contributed by atoms with Crippen LogP contribution < -0.4 is 10.6 Å². The maximum Gasteiger partial charge on any atom is 0.247 e. The summed E-state index contributed by atoms with van der Waals surface area (Å²) in [6, 6.07) is 6.60. The quantitative estimate of drug-likeness (QED) is 0.883. The number of benzene rings is 1. The first-order valence-corrected chi connectivity index (χ1v) is 6.37. The predicted molar refractivity (Wildman–Crippen MR) is 73.5 cm³/mol. The third-order valence-electron chi connectivity index (χ3n) is 2.87. The van der Waals surface area contributed by atoms with Crippen molar-refractivity contribution in [1.29, 1.82) is 0 Å². The Morgan fingerprint density at radius 2 is 1.95 bits per heavy atom. The number of carbonyl (C=O) groups excluding carboxylic acids is 2. The zero-order valence-corrected chi connectivity index (χ0v) is 11.4. The third kappa shape index (κ3) is 4.17. The molecule has 0 aliphatic rings. The van der Waals surface area contributed by atoms with E-state index in [2.05, 4.69) is 10.6 Å². The summed E-state index contributed by atoms with van der Waals surface area (Å²) in [5, 5.41) is 5.25. The number of halogens is 1. The van der Waals surface area contributed by atoms with E-state index in [-0.39, 0.29) is 24.2 Å². The summed E-state index contributed by atoms with van der Waals surface area (Å²) in [6.07, 6.45) is 2.83. The van der Waals surface area contributed by atoms with E-state index in [1.165, 1.54) is 31.6 Å². The van der Waals surface area contributed by atoms with Gasteiger partial charge in [-0.25, -0.2) is 4.39 Å². The van der Waals surface area contributed by atoms with E-state index in [0.717, 1.165) is 5.56 Å². The fourth-order valence-electron chi connectivity index (χ4n) is 1.84. The predicted octanol–water partition coefficient (Wildman–Crippen LogP) is 1.91. The summed E-state index contributed by atoms with van der Waals surface area (Å²) in [7, 11) is 0. The smallest absolute Gasteiger partial charge is 0.247 e. The molecule has 2 aromatic rings. The summed E-state index contributed by atoms with van der Waals surface area (Å²) < 4.78 is 17.7. The number of carbonyl (C=O) groups is 2. The van der Waals surface area contributed by atoms with Crippen LogP contribution in [0, 0.1) is 5.82 Å². The first kappa shape index (κ1) is 14.8. The van der Waals surface area contributed by atoms with Crippen molar-refractivity contribution in [2.24, 2.45) is 0 Å². The molecule has 110 valence electrons. The lowest BCUT2D eigenvalue weighted by Crippen LogP contribution is -2.39. The molecule has 2 N–H and O–H groups in total. The standard InChI is InChI=1S/C15H15FN2O3/c1-10(19)18-14(12-6-7-21-9-12)15(20)17-8-11-2-4-13(16)5-3-11/h2-7,9,14H,8H2,1H3,(H,17,20)(H,18,19). The van der Waals surface area contributed by atoms with E-state index in [4.69, 9.17) is 4.42 Å². The second-order valence-electron chi connectivity index (χ2n) is 4.53. The molecule has 1 aromatic heterocycles. The maximum atomic E-state index is 12.8. The zero-order valence-electron chi connectivity index (χ0n) is 11.4. The second kappa shape index (κ2) is 6.69. The molecule has 1 aromatic carbocycles. The second-order valence-corrected chi connectivity index (χ2v) is 4.53. The molecule has 0 radical (unpaired) electrons. The van der Waals surface area contributed by atoms with Gasteiger partial charge in [0, 0.05) is 19.0 Å². The molecule has 5 nitrogen and oxygen atoms in total. The minimum atomic E-state index is -0.818. The Labute approximate surface area is 121 Å². The number of amides is 2. The van der Waals surface area contributed by atoms with Crippen LogP contribution in [0.5, 0.6) is 0 Å². The molecular weight excluding hydrogens is 275 g/mol. The van der Waals surface area contributed by atoms with Crippen LogP contribution in [0.25, 0.3) is 0 Å². The molecule has 1 heterocycles. The number of furan rings is 1. The Hall–Kier alpha value is -2.63. The van der Waals surface area contributed by atoms with Crippen molar-refractivity contribution in [2.45, 2.75) is 19.5 Å². The summed E-state index contributed by atoms with van der Waals surface area (Å²) in [5.74, 6) is -1.02. The highest BCUT2D eigenvalue weighted by Gasteiger charge is 2.22. The normalized spacial score (nSPS) is 11.7. The summed E-state index contributed by atoms with van der Waals surface area (Å²) in [5.41, 5.74) is 1.32. The highest BCUT2D eigenvalue weighted by atomic mass is 19.1. The van der Waals surface area contributed by atoms with Crippen LogP contribution in [0.4, 0.5) is 4.39 Å². The highest BCUT2D eigenvalue weighted by Crippen LogP contribution is 2.14. The maximum absolute atomic E-state index is 12.8. The van der Waals surface area contributed by atoms with Crippen molar-refractivity contribution < 1.29 is 18.4 Å². The zero-order chi connectivity index (χ0) is 15.2. The van der Waals surface area contributed by atoms with Gasteiger partial charge in [0.15, 0.2) is 0 Å². The summed E-state index contributed by atoms with van der Waals surface area (Å²) in [4.78, 5) is 23.4. The lowest BCUT2D eigenvalue weighted by molar-refractivity contribution is -0.128. The fraction of sp³-hybridized carbons (Fsp3) is 0.200. The Kier molecular flexibility index (Phi) is 4.71. The first-order chi connectivity index (χ1) is 10.1. The number of hydrogen-bond acceptors (Lipinski definition) is 3. The summed E-state index contributed by atoms with van der Waals surface area (Å²) >= 11 is 0. The average Bonchev–Trinajstić information content (AvgIpc) is 2.97. The fourth-order valence-corrected chi connectivity index (χ4v) is 1.84. The molecule has 0 aliphatic heterocycles. The van der Waals surface area contributed by atoms with E-state index >= 15 is 0 Å². The van der Waals surface area contributed by atoms with Crippen LogP contribution >= 0.6 is 0 Å². The van der Waals surface area contributed by atoms with E-state index in [1.807, 2.05) is 0 Å².